The van der Waals surface area contributed by atoms with E-state index in [-0.39, 0.29) is 11.8 Å². The van der Waals surface area contributed by atoms with Gasteiger partial charge in [0.15, 0.2) is 0 Å². The third kappa shape index (κ3) is 5.28. The van der Waals surface area contributed by atoms with Crippen molar-refractivity contribution in [1.82, 2.24) is 0 Å². The minimum Gasteiger partial charge on any atom is -0.511 e. The van der Waals surface area contributed by atoms with Crippen molar-refractivity contribution in [3.63, 3.8) is 0 Å². The van der Waals surface area contributed by atoms with E-state index in [1.165, 1.54) is 6.20 Å². The van der Waals surface area contributed by atoms with E-state index in [0.29, 0.717) is 0 Å². The zero-order chi connectivity index (χ0) is 7.98. The van der Waals surface area contributed by atoms with Crippen molar-refractivity contribution in [3.05, 3.63) is 12.0 Å². The number of hydrogen-bond donors (Lipinski definition) is 1. The molecule has 3 heteroatoms. The van der Waals surface area contributed by atoms with E-state index in [4.69, 9.17) is 5.11 Å². The first-order chi connectivity index (χ1) is 4.66. The molecule has 0 aromatic rings. The van der Waals surface area contributed by atoms with Gasteiger partial charge in [-0.1, -0.05) is 6.92 Å². The second-order valence-electron chi connectivity index (χ2n) is 2.26. The zero-order valence-corrected chi connectivity index (χ0v) is 6.70. The number of azo groups is 1. The number of nitrogens with zero attached hydrogens (tertiary/aromatic N) is 2. The molecule has 0 radical (unpaired) electrons. The molecule has 3 nitrogen and oxygen atoms in total. The van der Waals surface area contributed by atoms with E-state index in [1.54, 1.807) is 6.92 Å². The molecule has 0 aromatic carbocycles. The molecule has 10 heavy (non-hydrogen) atoms. The number of aliphatic hydroxyl groups is 1. The number of hydrogen-bond acceptors (Lipinski definition) is 3. The minimum atomic E-state index is 0.187. The average molecular weight is 142 g/mol. The van der Waals surface area contributed by atoms with Gasteiger partial charge in [0.1, 0.15) is 5.76 Å². The molecule has 1 N–H and O–H groups in total. The van der Waals surface area contributed by atoms with Gasteiger partial charge < -0.3 is 5.11 Å². The van der Waals surface area contributed by atoms with Crippen LogP contribution in [0.4, 0.5) is 0 Å². The van der Waals surface area contributed by atoms with Crippen LogP contribution in [-0.4, -0.2) is 11.1 Å². The predicted octanol–water partition coefficient (Wildman–Crippen LogP) is 2.66. The molecule has 0 heterocycles. The molecule has 0 aromatic heterocycles. The van der Waals surface area contributed by atoms with Gasteiger partial charge in [-0.15, -0.1) is 0 Å². The monoisotopic (exact) mass is 142 g/mol. The summed E-state index contributed by atoms with van der Waals surface area (Å²) in [4.78, 5) is 0. The summed E-state index contributed by atoms with van der Waals surface area (Å²) in [6.45, 7) is 5.58. The molecule has 0 aliphatic carbocycles. The number of aliphatic hydroxyl groups excluding tert-OH is 1. The molecule has 0 aliphatic heterocycles. The van der Waals surface area contributed by atoms with E-state index >= 15 is 0 Å². The Hall–Kier alpha value is -0.860. The summed E-state index contributed by atoms with van der Waals surface area (Å²) in [6.07, 6.45) is 2.31. The summed E-state index contributed by atoms with van der Waals surface area (Å²) in [5.74, 6) is 0.187. The largest absolute Gasteiger partial charge is 0.511 e. The molecule has 0 fully saturated rings. The van der Waals surface area contributed by atoms with Crippen LogP contribution in [0.1, 0.15) is 27.2 Å². The lowest BCUT2D eigenvalue weighted by Crippen LogP contribution is -1.91. The molecular formula is C7H14N2O. The number of allylic oxidation sites excluding steroid dienone is 1. The average Bonchev–Trinajstić information content (AvgIpc) is 1.87. The SMILES string of the molecule is CCC(C)/N=N\C=C(/C)O. The summed E-state index contributed by atoms with van der Waals surface area (Å²) in [5.41, 5.74) is 0. The maximum Gasteiger partial charge on any atom is 0.109 e. The fourth-order valence-corrected chi connectivity index (χ4v) is 0.312. The fourth-order valence-electron chi connectivity index (χ4n) is 0.312. The lowest BCUT2D eigenvalue weighted by atomic mass is 10.3. The molecule has 0 spiro atoms. The Morgan fingerprint density at radius 2 is 2.30 bits per heavy atom. The van der Waals surface area contributed by atoms with Gasteiger partial charge in [0.2, 0.25) is 0 Å². The Labute approximate surface area is 61.5 Å². The third-order valence-electron chi connectivity index (χ3n) is 1.10. The summed E-state index contributed by atoms with van der Waals surface area (Å²) >= 11 is 0. The molecule has 0 bridgehead atoms. The smallest absolute Gasteiger partial charge is 0.109 e. The Balaban J connectivity index is 3.66. The molecule has 0 rings (SSSR count). The van der Waals surface area contributed by atoms with E-state index in [9.17, 15) is 0 Å². The van der Waals surface area contributed by atoms with Crippen LogP contribution in [0.2, 0.25) is 0 Å². The van der Waals surface area contributed by atoms with Gasteiger partial charge in [-0.05, 0) is 20.3 Å². The van der Waals surface area contributed by atoms with Gasteiger partial charge in [0.05, 0.1) is 12.2 Å². The van der Waals surface area contributed by atoms with Gasteiger partial charge in [-0.25, -0.2) is 0 Å². The van der Waals surface area contributed by atoms with Crippen molar-refractivity contribution in [2.45, 2.75) is 33.2 Å². The van der Waals surface area contributed by atoms with E-state index < -0.39 is 0 Å². The highest BCUT2D eigenvalue weighted by Crippen LogP contribution is 1.96. The van der Waals surface area contributed by atoms with Gasteiger partial charge >= 0.3 is 0 Å². The van der Waals surface area contributed by atoms with Crippen molar-refractivity contribution in [2.75, 3.05) is 0 Å². The maximum atomic E-state index is 8.65. The lowest BCUT2D eigenvalue weighted by molar-refractivity contribution is 0.411. The van der Waals surface area contributed by atoms with Gasteiger partial charge in [-0.3, -0.25) is 0 Å². The van der Waals surface area contributed by atoms with E-state index in [1.807, 2.05) is 13.8 Å². The molecule has 0 aliphatic rings. The summed E-state index contributed by atoms with van der Waals surface area (Å²) in [5, 5.41) is 16.2. The van der Waals surface area contributed by atoms with Crippen LogP contribution in [0, 0.1) is 0 Å². The van der Waals surface area contributed by atoms with Crippen molar-refractivity contribution in [1.29, 1.82) is 0 Å². The van der Waals surface area contributed by atoms with Crippen LogP contribution >= 0.6 is 0 Å². The Kier molecular flexibility index (Phi) is 4.54. The van der Waals surface area contributed by atoms with Gasteiger partial charge in [0, 0.05) is 0 Å². The highest BCUT2D eigenvalue weighted by atomic mass is 16.3. The fraction of sp³-hybridized carbons (Fsp3) is 0.714. The highest BCUT2D eigenvalue weighted by Gasteiger charge is 1.90. The molecule has 0 amide bonds. The summed E-state index contributed by atoms with van der Waals surface area (Å²) < 4.78 is 0. The van der Waals surface area contributed by atoms with Crippen molar-refractivity contribution in [3.8, 4) is 0 Å². The van der Waals surface area contributed by atoms with Crippen molar-refractivity contribution in [2.24, 2.45) is 10.2 Å². The van der Waals surface area contributed by atoms with Crippen molar-refractivity contribution < 1.29 is 5.11 Å². The maximum absolute atomic E-state index is 8.65. The highest BCUT2D eigenvalue weighted by molar-refractivity contribution is 4.82. The first-order valence-electron chi connectivity index (χ1n) is 3.42. The Morgan fingerprint density at radius 3 is 2.70 bits per heavy atom. The van der Waals surface area contributed by atoms with Crippen LogP contribution in [-0.2, 0) is 0 Å². The van der Waals surface area contributed by atoms with Gasteiger partial charge in [0.25, 0.3) is 0 Å². The van der Waals surface area contributed by atoms with Gasteiger partial charge in [-0.2, -0.15) is 10.2 Å². The second kappa shape index (κ2) is 4.97. The molecule has 0 saturated carbocycles. The third-order valence-corrected chi connectivity index (χ3v) is 1.10. The van der Waals surface area contributed by atoms with Crippen molar-refractivity contribution >= 4 is 0 Å². The summed E-state index contributed by atoms with van der Waals surface area (Å²) in [6, 6.07) is 0.246. The van der Waals surface area contributed by atoms with Crippen LogP contribution in [0.15, 0.2) is 22.2 Å². The molecule has 58 valence electrons. The quantitative estimate of drug-likeness (QED) is 0.477. The Bertz CT molecular complexity index is 137. The van der Waals surface area contributed by atoms with Crippen LogP contribution in [0.3, 0.4) is 0 Å². The topological polar surface area (TPSA) is 45.0 Å². The molecular weight excluding hydrogens is 128 g/mol. The zero-order valence-electron chi connectivity index (χ0n) is 6.70. The first kappa shape index (κ1) is 9.14. The molecule has 1 atom stereocenters. The Morgan fingerprint density at radius 1 is 1.70 bits per heavy atom. The predicted molar refractivity (Wildman–Crippen MR) is 41.0 cm³/mol. The van der Waals surface area contributed by atoms with E-state index in [0.717, 1.165) is 6.42 Å². The number of rotatable bonds is 3. The summed E-state index contributed by atoms with van der Waals surface area (Å²) in [7, 11) is 0. The van der Waals surface area contributed by atoms with Crippen LogP contribution < -0.4 is 0 Å². The second-order valence-corrected chi connectivity index (χ2v) is 2.26. The molecule has 1 unspecified atom stereocenters. The van der Waals surface area contributed by atoms with Crippen LogP contribution in [0.25, 0.3) is 0 Å². The minimum absolute atomic E-state index is 0.187. The normalized spacial score (nSPS) is 16.1. The van der Waals surface area contributed by atoms with E-state index in [2.05, 4.69) is 10.2 Å². The first-order valence-corrected chi connectivity index (χ1v) is 3.42. The standard InChI is InChI=1S/C7H14N2O/c1-4-6(2)9-8-5-7(3)10/h5-6,10H,4H2,1-3H3/b7-5+,9-8-. The molecule has 0 saturated heterocycles. The van der Waals surface area contributed by atoms with Crippen LogP contribution in [0.5, 0.6) is 0 Å². The lowest BCUT2D eigenvalue weighted by Gasteiger charge is -1.95.